The summed E-state index contributed by atoms with van der Waals surface area (Å²) in [6, 6.07) is 5.43. The molecule has 2 rings (SSSR count). The summed E-state index contributed by atoms with van der Waals surface area (Å²) in [6.45, 7) is 8.81. The van der Waals surface area contributed by atoms with Crippen LogP contribution in [0.25, 0.3) is 0 Å². The third-order valence-electron chi connectivity index (χ3n) is 5.18. The summed E-state index contributed by atoms with van der Waals surface area (Å²) in [5, 5.41) is 9.56. The average molecular weight is 369 g/mol. The number of aromatic hydroxyl groups is 1. The minimum atomic E-state index is 0.295. The van der Waals surface area contributed by atoms with Crippen LogP contribution in [0.3, 0.4) is 0 Å². The number of hydrogen-bond donors (Lipinski definition) is 1. The van der Waals surface area contributed by atoms with E-state index in [1.54, 1.807) is 6.07 Å². The first-order chi connectivity index (χ1) is 12.9. The van der Waals surface area contributed by atoms with Crippen molar-refractivity contribution in [3.8, 4) is 11.5 Å². The summed E-state index contributed by atoms with van der Waals surface area (Å²) in [5.74, 6) is 1.27. The van der Waals surface area contributed by atoms with E-state index in [9.17, 15) is 5.11 Å². The van der Waals surface area contributed by atoms with Gasteiger partial charge in [-0.05, 0) is 103 Å². The van der Waals surface area contributed by atoms with E-state index in [-0.39, 0.29) is 0 Å². The maximum Gasteiger partial charge on any atom is 0.123 e. The van der Waals surface area contributed by atoms with E-state index in [2.05, 4.69) is 45.9 Å². The Hall–Kier alpha value is -1.96. The number of aryl methyl sites for hydroxylation is 1. The van der Waals surface area contributed by atoms with Gasteiger partial charge in [-0.15, -0.1) is 0 Å². The van der Waals surface area contributed by atoms with Crippen molar-refractivity contribution in [1.29, 1.82) is 0 Å². The van der Waals surface area contributed by atoms with Gasteiger partial charge in [0, 0.05) is 0 Å². The first-order valence-corrected chi connectivity index (χ1v) is 10.4. The fraction of sp³-hybridized carbons (Fsp3) is 0.520. The van der Waals surface area contributed by atoms with Gasteiger partial charge in [0.15, 0.2) is 0 Å². The van der Waals surface area contributed by atoms with Gasteiger partial charge in [0.25, 0.3) is 0 Å². The number of fused-ring (bicyclic) bond motifs is 1. The second-order valence-corrected chi connectivity index (χ2v) is 8.11. The van der Waals surface area contributed by atoms with Crippen LogP contribution in [0.5, 0.6) is 11.5 Å². The maximum atomic E-state index is 9.56. The normalized spacial score (nSPS) is 17.3. The van der Waals surface area contributed by atoms with Crippen LogP contribution < -0.4 is 4.74 Å². The molecular weight excluding hydrogens is 332 g/mol. The fourth-order valence-corrected chi connectivity index (χ4v) is 3.49. The molecule has 1 aromatic carbocycles. The molecule has 2 nitrogen and oxygen atoms in total. The Balaban J connectivity index is 1.67. The molecule has 0 bridgehead atoms. The van der Waals surface area contributed by atoms with Gasteiger partial charge >= 0.3 is 0 Å². The molecule has 1 unspecified atom stereocenters. The van der Waals surface area contributed by atoms with Crippen LogP contribution in [0.1, 0.15) is 78.2 Å². The molecule has 1 aliphatic heterocycles. The third kappa shape index (κ3) is 8.07. The molecule has 0 saturated carbocycles. The Kier molecular flexibility index (Phi) is 8.71. The molecule has 1 aliphatic rings. The second kappa shape index (κ2) is 11.0. The summed E-state index contributed by atoms with van der Waals surface area (Å²) in [7, 11) is 0. The van der Waals surface area contributed by atoms with Crippen LogP contribution in [0, 0.1) is 0 Å². The fourth-order valence-electron chi connectivity index (χ4n) is 3.49. The number of allylic oxidation sites excluding steroid dienone is 6. The Labute approximate surface area is 165 Å². The van der Waals surface area contributed by atoms with Crippen molar-refractivity contribution in [3.05, 3.63) is 58.7 Å². The van der Waals surface area contributed by atoms with Gasteiger partial charge < -0.3 is 9.84 Å². The van der Waals surface area contributed by atoms with Crippen molar-refractivity contribution in [1.82, 2.24) is 0 Å². The zero-order valence-electron chi connectivity index (χ0n) is 17.6. The number of phenols is 1. The monoisotopic (exact) mass is 368 g/mol. The van der Waals surface area contributed by atoms with E-state index in [0.29, 0.717) is 11.9 Å². The highest BCUT2D eigenvalue weighted by atomic mass is 16.5. The molecule has 1 aromatic rings. The lowest BCUT2D eigenvalue weighted by atomic mass is 9.98. The quantitative estimate of drug-likeness (QED) is 0.464. The zero-order valence-corrected chi connectivity index (χ0v) is 17.6. The number of rotatable bonds is 9. The molecule has 0 aliphatic carbocycles. The van der Waals surface area contributed by atoms with Crippen LogP contribution >= 0.6 is 0 Å². The largest absolute Gasteiger partial charge is 0.508 e. The van der Waals surface area contributed by atoms with Gasteiger partial charge in [0.2, 0.25) is 0 Å². The van der Waals surface area contributed by atoms with E-state index in [1.165, 1.54) is 23.1 Å². The highest BCUT2D eigenvalue weighted by Gasteiger charge is 2.19. The van der Waals surface area contributed by atoms with Gasteiger partial charge in [-0.3, -0.25) is 0 Å². The smallest absolute Gasteiger partial charge is 0.123 e. The maximum absolute atomic E-state index is 9.56. The molecule has 27 heavy (non-hydrogen) atoms. The van der Waals surface area contributed by atoms with Crippen LogP contribution in [-0.2, 0) is 6.42 Å². The Morgan fingerprint density at radius 3 is 2.37 bits per heavy atom. The molecule has 148 valence electrons. The van der Waals surface area contributed by atoms with Crippen molar-refractivity contribution in [3.63, 3.8) is 0 Å². The predicted octanol–water partition coefficient (Wildman–Crippen LogP) is 7.29. The lowest BCUT2D eigenvalue weighted by Crippen LogP contribution is -2.22. The molecule has 0 amide bonds. The summed E-state index contributed by atoms with van der Waals surface area (Å²) in [6.07, 6.45) is 16.2. The summed E-state index contributed by atoms with van der Waals surface area (Å²) in [4.78, 5) is 0. The number of ether oxygens (including phenoxy) is 1. The van der Waals surface area contributed by atoms with E-state index >= 15 is 0 Å². The van der Waals surface area contributed by atoms with Crippen LogP contribution in [0.15, 0.2) is 53.1 Å². The number of phenolic OH excluding ortho intramolecular Hbond substituents is 1. The molecule has 0 saturated heterocycles. The standard InChI is InChI=1S/C25H36O2/c1-19(2)8-5-9-20(3)10-6-11-21(4)12-7-13-24-16-14-22-18-23(26)15-17-25(22)27-24/h8,10,12,15,17-18,24,26H,5-7,9,11,13-14,16H2,1-4H3/b20-10+,21-12+. The topological polar surface area (TPSA) is 29.5 Å². The Morgan fingerprint density at radius 1 is 1.00 bits per heavy atom. The molecule has 2 heteroatoms. The van der Waals surface area contributed by atoms with Gasteiger partial charge in [-0.2, -0.15) is 0 Å². The lowest BCUT2D eigenvalue weighted by Gasteiger charge is -2.26. The van der Waals surface area contributed by atoms with Crippen molar-refractivity contribution < 1.29 is 9.84 Å². The average Bonchev–Trinajstić information content (AvgIpc) is 2.61. The SMILES string of the molecule is CC(C)=CCC/C(C)=C/CC/C(C)=C/CCC1CCc2cc(O)ccc2O1. The summed E-state index contributed by atoms with van der Waals surface area (Å²) in [5.41, 5.74) is 5.51. The zero-order chi connectivity index (χ0) is 19.6. The van der Waals surface area contributed by atoms with Crippen molar-refractivity contribution in [2.45, 2.75) is 85.2 Å². The molecule has 1 atom stereocenters. The van der Waals surface area contributed by atoms with Gasteiger partial charge in [-0.25, -0.2) is 0 Å². The highest BCUT2D eigenvalue weighted by molar-refractivity contribution is 5.41. The van der Waals surface area contributed by atoms with Crippen molar-refractivity contribution in [2.24, 2.45) is 0 Å². The van der Waals surface area contributed by atoms with Gasteiger partial charge in [0.1, 0.15) is 11.5 Å². The van der Waals surface area contributed by atoms with Crippen molar-refractivity contribution in [2.75, 3.05) is 0 Å². The minimum Gasteiger partial charge on any atom is -0.508 e. The van der Waals surface area contributed by atoms with Crippen molar-refractivity contribution >= 4 is 0 Å². The van der Waals surface area contributed by atoms with Gasteiger partial charge in [0.05, 0.1) is 6.10 Å². The van der Waals surface area contributed by atoms with E-state index in [1.807, 2.05) is 12.1 Å². The third-order valence-corrected chi connectivity index (χ3v) is 5.18. The molecule has 1 heterocycles. The number of hydrogen-bond acceptors (Lipinski definition) is 2. The first-order valence-electron chi connectivity index (χ1n) is 10.4. The Bertz CT molecular complexity index is 690. The molecule has 0 fully saturated rings. The molecule has 0 radical (unpaired) electrons. The molecule has 0 spiro atoms. The lowest BCUT2D eigenvalue weighted by molar-refractivity contribution is 0.164. The Morgan fingerprint density at radius 2 is 1.67 bits per heavy atom. The van der Waals surface area contributed by atoms with E-state index in [0.717, 1.165) is 56.3 Å². The van der Waals surface area contributed by atoms with Crippen LogP contribution in [0.2, 0.25) is 0 Å². The molecule has 0 aromatic heterocycles. The van der Waals surface area contributed by atoms with Crippen LogP contribution in [-0.4, -0.2) is 11.2 Å². The second-order valence-electron chi connectivity index (χ2n) is 8.11. The minimum absolute atomic E-state index is 0.295. The summed E-state index contributed by atoms with van der Waals surface area (Å²) >= 11 is 0. The first kappa shape index (κ1) is 21.3. The number of benzene rings is 1. The molecule has 1 N–H and O–H groups in total. The predicted molar refractivity (Wildman–Crippen MR) is 115 cm³/mol. The van der Waals surface area contributed by atoms with Crippen LogP contribution in [0.4, 0.5) is 0 Å². The molecular formula is C25H36O2. The van der Waals surface area contributed by atoms with Gasteiger partial charge in [-0.1, -0.05) is 34.9 Å². The van der Waals surface area contributed by atoms with E-state index < -0.39 is 0 Å². The van der Waals surface area contributed by atoms with E-state index in [4.69, 9.17) is 4.74 Å². The summed E-state index contributed by atoms with van der Waals surface area (Å²) < 4.78 is 6.08. The highest BCUT2D eigenvalue weighted by Crippen LogP contribution is 2.31.